The Labute approximate surface area is 245 Å². The van der Waals surface area contributed by atoms with Crippen LogP contribution in [0.15, 0.2) is 42.5 Å². The van der Waals surface area contributed by atoms with E-state index in [-0.39, 0.29) is 23.4 Å². The number of nitrogens with two attached hydrogens (primary N) is 2. The van der Waals surface area contributed by atoms with E-state index in [9.17, 15) is 52.7 Å². The van der Waals surface area contributed by atoms with Crippen LogP contribution in [-0.2, 0) is 37.2 Å². The fourth-order valence-electron chi connectivity index (χ4n) is 2.98. The number of fused-ring (bicyclic) bond motifs is 1. The van der Waals surface area contributed by atoms with Crippen molar-refractivity contribution in [3.63, 3.8) is 0 Å². The van der Waals surface area contributed by atoms with Crippen LogP contribution in [0.3, 0.4) is 0 Å². The molecular weight excluding hydrogens is 665 g/mol. The van der Waals surface area contributed by atoms with Crippen molar-refractivity contribution in [2.45, 2.75) is 31.0 Å². The van der Waals surface area contributed by atoms with Crippen molar-refractivity contribution in [3.8, 4) is 0 Å². The summed E-state index contributed by atoms with van der Waals surface area (Å²) in [6, 6.07) is 8.31. The number of H-pyrrole nitrogens is 1. The quantitative estimate of drug-likeness (QED) is 0.199. The van der Waals surface area contributed by atoms with Gasteiger partial charge in [0.1, 0.15) is 12.4 Å². The maximum atomic E-state index is 12.9. The first-order valence-corrected chi connectivity index (χ1v) is 12.8. The number of anilines is 1. The third-order valence-electron chi connectivity index (χ3n) is 4.93. The van der Waals surface area contributed by atoms with Crippen LogP contribution in [0, 0.1) is 0 Å². The van der Waals surface area contributed by atoms with Crippen LogP contribution in [-0.4, -0.2) is 70.5 Å². The van der Waals surface area contributed by atoms with Gasteiger partial charge >= 0.3 is 36.4 Å². The zero-order valence-electron chi connectivity index (χ0n) is 21.8. The molecule has 8 N–H and O–H groups in total. The number of benzene rings is 2. The van der Waals surface area contributed by atoms with Gasteiger partial charge in [-0.25, -0.2) is 24.0 Å². The molecular formula is C22H20F9N5O8S. The van der Waals surface area contributed by atoms with Gasteiger partial charge in [0.2, 0.25) is 0 Å². The molecule has 0 spiro atoms. The minimum absolute atomic E-state index is 0.0608. The van der Waals surface area contributed by atoms with Gasteiger partial charge in [-0.3, -0.25) is 4.79 Å². The monoisotopic (exact) mass is 685 g/mol. The molecule has 2 aromatic carbocycles. The molecule has 45 heavy (non-hydrogen) atoms. The summed E-state index contributed by atoms with van der Waals surface area (Å²) in [4.78, 5) is 35.7. The lowest BCUT2D eigenvalue weighted by atomic mass is 10.1. The van der Waals surface area contributed by atoms with E-state index in [1.165, 1.54) is 18.2 Å². The number of nitrogens with one attached hydrogen (secondary N) is 1. The lowest BCUT2D eigenvalue weighted by molar-refractivity contribution is -0.193. The van der Waals surface area contributed by atoms with Crippen molar-refractivity contribution < 1.29 is 77.6 Å². The lowest BCUT2D eigenvalue weighted by Crippen LogP contribution is -2.40. The van der Waals surface area contributed by atoms with E-state index >= 15 is 0 Å². The van der Waals surface area contributed by atoms with Gasteiger partial charge in [0.05, 0.1) is 28.3 Å². The first kappa shape index (κ1) is 38.4. The Morgan fingerprint density at radius 2 is 1.33 bits per heavy atom. The van der Waals surface area contributed by atoms with Crippen LogP contribution in [0.25, 0.3) is 11.0 Å². The average molecular weight is 685 g/mol. The first-order valence-electron chi connectivity index (χ1n) is 11.3. The maximum absolute atomic E-state index is 12.9. The number of hydrogen-bond acceptors (Lipinski definition) is 7. The van der Waals surface area contributed by atoms with Crippen LogP contribution in [0.4, 0.5) is 45.2 Å². The number of halogens is 9. The Kier molecular flexibility index (Phi) is 12.3. The Bertz CT molecular complexity index is 1580. The van der Waals surface area contributed by atoms with Crippen molar-refractivity contribution in [1.82, 2.24) is 9.97 Å². The minimum Gasteiger partial charge on any atom is -0.480 e. The van der Waals surface area contributed by atoms with Crippen molar-refractivity contribution in [1.29, 1.82) is 0 Å². The van der Waals surface area contributed by atoms with Crippen molar-refractivity contribution in [3.05, 3.63) is 59.4 Å². The summed E-state index contributed by atoms with van der Waals surface area (Å²) in [5.41, 5.74) is 6.59. The molecule has 0 aliphatic rings. The molecule has 13 nitrogen and oxygen atoms in total. The normalized spacial score (nSPS) is 12.7. The molecule has 0 fully saturated rings. The smallest absolute Gasteiger partial charge is 0.480 e. The SMILES string of the molecule is N[C@@H](Cc1ccc(N(CC(=O)O)S(N)(=O)=O)cc1)c1nc2ccc(C(F)(F)F)cc2[nH]1.O=C(O)C(F)(F)F.O=C(O)C(F)(F)F. The number of carbonyl (C=O) groups is 3. The maximum Gasteiger partial charge on any atom is 0.490 e. The van der Waals surface area contributed by atoms with Gasteiger partial charge in [0.25, 0.3) is 10.2 Å². The van der Waals surface area contributed by atoms with E-state index in [1.807, 2.05) is 0 Å². The summed E-state index contributed by atoms with van der Waals surface area (Å²) in [6.45, 7) is -0.837. The minimum atomic E-state index is -5.08. The average Bonchev–Trinajstić information content (AvgIpc) is 3.30. The highest BCUT2D eigenvalue weighted by molar-refractivity contribution is 7.90. The van der Waals surface area contributed by atoms with E-state index < -0.39 is 64.8 Å². The topological polar surface area (TPSA) is 230 Å². The van der Waals surface area contributed by atoms with E-state index in [0.29, 0.717) is 15.4 Å². The van der Waals surface area contributed by atoms with E-state index in [4.69, 9.17) is 35.8 Å². The number of rotatable bonds is 7. The molecule has 1 atom stereocenters. The van der Waals surface area contributed by atoms with Gasteiger partial charge in [-0.1, -0.05) is 12.1 Å². The number of carboxylic acids is 3. The molecule has 0 aliphatic carbocycles. The van der Waals surface area contributed by atoms with Gasteiger partial charge in [-0.15, -0.1) is 0 Å². The molecule has 0 amide bonds. The largest absolute Gasteiger partial charge is 0.490 e. The van der Waals surface area contributed by atoms with E-state index in [0.717, 1.165) is 12.1 Å². The highest BCUT2D eigenvalue weighted by Crippen LogP contribution is 2.31. The Hall–Kier alpha value is -4.64. The molecule has 3 aromatic rings. The Balaban J connectivity index is 0.000000601. The van der Waals surface area contributed by atoms with Gasteiger partial charge in [-0.2, -0.15) is 47.9 Å². The zero-order valence-corrected chi connectivity index (χ0v) is 22.6. The highest BCUT2D eigenvalue weighted by atomic mass is 32.2. The van der Waals surface area contributed by atoms with Crippen LogP contribution < -0.4 is 15.2 Å². The number of alkyl halides is 9. The van der Waals surface area contributed by atoms with Crippen molar-refractivity contribution >= 4 is 44.8 Å². The molecule has 1 heterocycles. The standard InChI is InChI=1S/C18H18F3N5O4S.2C2HF3O2/c19-18(20,21)11-3-6-14-15(8-11)25-17(24-14)13(22)7-10-1-4-12(5-2-10)26(9-16(27)28)31(23,29)30;2*3-2(4,5)1(6)7/h1-6,8,13H,7,9,22H2,(H,24,25)(H,27,28)(H2,23,29,30);2*(H,6,7)/t13-;;/m0../s1. The molecule has 0 bridgehead atoms. The Morgan fingerprint density at radius 3 is 1.71 bits per heavy atom. The summed E-state index contributed by atoms with van der Waals surface area (Å²) in [5.74, 6) is -6.60. The summed E-state index contributed by atoms with van der Waals surface area (Å²) >= 11 is 0. The van der Waals surface area contributed by atoms with Gasteiger partial charge in [0, 0.05) is 0 Å². The van der Waals surface area contributed by atoms with Gasteiger partial charge in [-0.05, 0) is 42.3 Å². The van der Waals surface area contributed by atoms with E-state index in [2.05, 4.69) is 9.97 Å². The number of aliphatic carboxylic acids is 3. The second-order valence-corrected chi connectivity index (χ2v) is 9.85. The van der Waals surface area contributed by atoms with Crippen LogP contribution >= 0.6 is 0 Å². The number of carboxylic acid groups (broad SMARTS) is 3. The third-order valence-corrected chi connectivity index (χ3v) is 5.88. The molecule has 3 rings (SSSR count). The van der Waals surface area contributed by atoms with Crippen LogP contribution in [0.5, 0.6) is 0 Å². The first-order chi connectivity index (χ1) is 20.2. The summed E-state index contributed by atoms with van der Waals surface area (Å²) in [6.07, 6.45) is -14.4. The zero-order chi connectivity index (χ0) is 35.1. The molecule has 1 aromatic heterocycles. The fourth-order valence-corrected chi connectivity index (χ4v) is 3.69. The predicted octanol–water partition coefficient (Wildman–Crippen LogP) is 3.19. The third kappa shape index (κ3) is 12.5. The Morgan fingerprint density at radius 1 is 0.867 bits per heavy atom. The molecule has 0 saturated carbocycles. The van der Waals surface area contributed by atoms with Gasteiger partial charge < -0.3 is 26.0 Å². The second kappa shape index (κ2) is 14.4. The summed E-state index contributed by atoms with van der Waals surface area (Å²) in [5, 5.41) is 28.2. The predicted molar refractivity (Wildman–Crippen MR) is 134 cm³/mol. The van der Waals surface area contributed by atoms with Gasteiger partial charge in [0.15, 0.2) is 0 Å². The molecule has 0 unspecified atom stereocenters. The van der Waals surface area contributed by atoms with E-state index in [1.54, 1.807) is 12.1 Å². The number of hydrogen-bond donors (Lipinski definition) is 6. The number of aromatic nitrogens is 2. The molecule has 0 aliphatic heterocycles. The molecule has 0 saturated heterocycles. The van der Waals surface area contributed by atoms with Crippen molar-refractivity contribution in [2.75, 3.05) is 10.8 Å². The van der Waals surface area contributed by atoms with Crippen LogP contribution in [0.1, 0.15) is 23.0 Å². The fraction of sp³-hybridized carbons (Fsp3) is 0.273. The highest BCUT2D eigenvalue weighted by Gasteiger charge is 2.39. The van der Waals surface area contributed by atoms with Crippen molar-refractivity contribution in [2.24, 2.45) is 10.9 Å². The number of nitrogens with zero attached hydrogens (tertiary/aromatic N) is 2. The number of aromatic amines is 1. The summed E-state index contributed by atoms with van der Waals surface area (Å²) in [7, 11) is -4.29. The molecule has 0 radical (unpaired) electrons. The summed E-state index contributed by atoms with van der Waals surface area (Å²) < 4.78 is 126. The molecule has 250 valence electrons. The lowest BCUT2D eigenvalue weighted by Gasteiger charge is -2.20. The number of imidazole rings is 1. The molecule has 23 heteroatoms. The second-order valence-electron chi connectivity index (χ2n) is 8.38. The van der Waals surface area contributed by atoms with Crippen LogP contribution in [0.2, 0.25) is 0 Å².